The molecule has 1 aromatic heterocycles. The lowest BCUT2D eigenvalue weighted by atomic mass is 9.82. The van der Waals surface area contributed by atoms with Crippen molar-refractivity contribution in [1.82, 2.24) is 0 Å². The summed E-state index contributed by atoms with van der Waals surface area (Å²) in [6.07, 6.45) is 0. The smallest absolute Gasteiger partial charge is 0.0540 e. The molecule has 0 fully saturated rings. The molecule has 1 aliphatic rings. The fourth-order valence-electron chi connectivity index (χ4n) is 8.36. The van der Waals surface area contributed by atoms with Crippen molar-refractivity contribution in [2.45, 2.75) is 19.3 Å². The maximum Gasteiger partial charge on any atom is 0.0540 e. The summed E-state index contributed by atoms with van der Waals surface area (Å²) in [7, 11) is 0. The number of fused-ring (bicyclic) bond motifs is 9. The Morgan fingerprint density at radius 3 is 2.00 bits per heavy atom. The van der Waals surface area contributed by atoms with Gasteiger partial charge in [-0.2, -0.15) is 0 Å². The molecular formula is C47H33NS. The topological polar surface area (TPSA) is 3.24 Å². The molecular weight excluding hydrogens is 611 g/mol. The van der Waals surface area contributed by atoms with Gasteiger partial charge < -0.3 is 4.90 Å². The molecule has 10 rings (SSSR count). The Morgan fingerprint density at radius 2 is 1.08 bits per heavy atom. The quantitative estimate of drug-likeness (QED) is 0.184. The van der Waals surface area contributed by atoms with Crippen LogP contribution in [0.15, 0.2) is 164 Å². The third-order valence-electron chi connectivity index (χ3n) is 10.7. The molecule has 49 heavy (non-hydrogen) atoms. The molecule has 1 aliphatic carbocycles. The van der Waals surface area contributed by atoms with Crippen molar-refractivity contribution in [3.63, 3.8) is 0 Å². The summed E-state index contributed by atoms with van der Waals surface area (Å²) in [6.45, 7) is 4.73. The van der Waals surface area contributed by atoms with E-state index in [1.54, 1.807) is 0 Å². The van der Waals surface area contributed by atoms with Gasteiger partial charge in [0.2, 0.25) is 0 Å². The van der Waals surface area contributed by atoms with Crippen molar-refractivity contribution in [3.8, 4) is 22.3 Å². The zero-order valence-electron chi connectivity index (χ0n) is 27.4. The van der Waals surface area contributed by atoms with Crippen LogP contribution in [0.1, 0.15) is 25.0 Å². The maximum atomic E-state index is 2.50. The van der Waals surface area contributed by atoms with Gasteiger partial charge in [-0.3, -0.25) is 0 Å². The average Bonchev–Trinajstić information content (AvgIpc) is 3.64. The lowest BCUT2D eigenvalue weighted by Gasteiger charge is -2.31. The summed E-state index contributed by atoms with van der Waals surface area (Å²) >= 11 is 1.88. The summed E-state index contributed by atoms with van der Waals surface area (Å²) in [5.41, 5.74) is 11.3. The van der Waals surface area contributed by atoms with E-state index in [1.807, 2.05) is 11.3 Å². The number of anilines is 3. The molecule has 0 atom stereocenters. The van der Waals surface area contributed by atoms with Gasteiger partial charge in [-0.25, -0.2) is 0 Å². The third-order valence-corrected chi connectivity index (χ3v) is 11.8. The van der Waals surface area contributed by atoms with Crippen LogP contribution in [0.2, 0.25) is 0 Å². The van der Waals surface area contributed by atoms with Crippen molar-refractivity contribution in [1.29, 1.82) is 0 Å². The second kappa shape index (κ2) is 10.7. The number of hydrogen-bond donors (Lipinski definition) is 0. The zero-order chi connectivity index (χ0) is 32.7. The van der Waals surface area contributed by atoms with Crippen molar-refractivity contribution in [2.75, 3.05) is 4.90 Å². The van der Waals surface area contributed by atoms with Gasteiger partial charge in [-0.15, -0.1) is 11.3 Å². The summed E-state index contributed by atoms with van der Waals surface area (Å²) in [6, 6.07) is 60.7. The molecule has 0 N–H and O–H groups in total. The number of thiophene rings is 1. The highest BCUT2D eigenvalue weighted by molar-refractivity contribution is 7.26. The second-order valence-corrected chi connectivity index (χ2v) is 14.8. The molecule has 0 bridgehead atoms. The minimum absolute atomic E-state index is 0.104. The summed E-state index contributed by atoms with van der Waals surface area (Å²) in [5, 5.41) is 7.70. The highest BCUT2D eigenvalue weighted by Crippen LogP contribution is 2.52. The van der Waals surface area contributed by atoms with Crippen LogP contribution in [0.4, 0.5) is 17.1 Å². The first-order chi connectivity index (χ1) is 24.1. The van der Waals surface area contributed by atoms with E-state index in [0.29, 0.717) is 0 Å². The van der Waals surface area contributed by atoms with E-state index in [1.165, 1.54) is 80.8 Å². The first-order valence-corrected chi connectivity index (χ1v) is 17.8. The van der Waals surface area contributed by atoms with Crippen LogP contribution in [-0.4, -0.2) is 0 Å². The standard InChI is InChI=1S/C47H33NS/c1-47(2)39-21-8-5-17-34(39)35-27-26-32(29-40(35)47)48(41-23-12-14-30-13-3-4-16-33(30)41)42-22-9-6-18-36(42)37-20-11-15-31-25-28-44-46(45(31)37)38-19-7-10-24-43(38)49-44/h3-29H,1-2H3. The first kappa shape index (κ1) is 28.3. The van der Waals surface area contributed by atoms with Crippen LogP contribution in [0, 0.1) is 0 Å². The number of nitrogens with zero attached hydrogens (tertiary/aromatic N) is 1. The van der Waals surface area contributed by atoms with Crippen LogP contribution in [0.25, 0.3) is 64.0 Å². The molecule has 0 radical (unpaired) electrons. The predicted octanol–water partition coefficient (Wildman–Crippen LogP) is 13.8. The largest absolute Gasteiger partial charge is 0.309 e. The molecule has 232 valence electrons. The number of benzene rings is 8. The minimum Gasteiger partial charge on any atom is -0.309 e. The van der Waals surface area contributed by atoms with Gasteiger partial charge in [-0.1, -0.05) is 141 Å². The molecule has 0 saturated heterocycles. The Hall–Kier alpha value is -5.70. The second-order valence-electron chi connectivity index (χ2n) is 13.7. The highest BCUT2D eigenvalue weighted by atomic mass is 32.1. The first-order valence-electron chi connectivity index (χ1n) is 17.0. The summed E-state index contributed by atoms with van der Waals surface area (Å²) in [5.74, 6) is 0. The van der Waals surface area contributed by atoms with E-state index < -0.39 is 0 Å². The summed E-state index contributed by atoms with van der Waals surface area (Å²) in [4.78, 5) is 2.50. The Bertz CT molecular complexity index is 2760. The molecule has 1 nitrogen and oxygen atoms in total. The fraction of sp³-hybridized carbons (Fsp3) is 0.0638. The molecule has 0 amide bonds. The third kappa shape index (κ3) is 4.17. The van der Waals surface area contributed by atoms with Crippen LogP contribution < -0.4 is 4.90 Å². The molecule has 0 unspecified atom stereocenters. The van der Waals surface area contributed by atoms with E-state index in [4.69, 9.17) is 0 Å². The molecule has 9 aromatic rings. The van der Waals surface area contributed by atoms with E-state index in [-0.39, 0.29) is 5.41 Å². The van der Waals surface area contributed by atoms with Crippen molar-refractivity contribution >= 4 is 70.1 Å². The van der Waals surface area contributed by atoms with Crippen LogP contribution in [0.5, 0.6) is 0 Å². The average molecular weight is 644 g/mol. The van der Waals surface area contributed by atoms with Crippen LogP contribution in [-0.2, 0) is 5.41 Å². The molecule has 0 saturated carbocycles. The normalized spacial score (nSPS) is 13.3. The number of rotatable bonds is 4. The Kier molecular flexibility index (Phi) is 6.16. The minimum atomic E-state index is -0.104. The van der Waals surface area contributed by atoms with Gasteiger partial charge in [0.15, 0.2) is 0 Å². The molecule has 2 heteroatoms. The van der Waals surface area contributed by atoms with E-state index >= 15 is 0 Å². The maximum absolute atomic E-state index is 2.50. The molecule has 0 spiro atoms. The monoisotopic (exact) mass is 643 g/mol. The fourth-order valence-corrected chi connectivity index (χ4v) is 9.47. The van der Waals surface area contributed by atoms with E-state index in [2.05, 4.69) is 183 Å². The van der Waals surface area contributed by atoms with Crippen LogP contribution >= 0.6 is 11.3 Å². The highest BCUT2D eigenvalue weighted by Gasteiger charge is 2.36. The van der Waals surface area contributed by atoms with Crippen LogP contribution in [0.3, 0.4) is 0 Å². The Balaban J connectivity index is 1.28. The molecule has 8 aromatic carbocycles. The van der Waals surface area contributed by atoms with Gasteiger partial charge in [0.05, 0.1) is 11.4 Å². The van der Waals surface area contributed by atoms with Crippen molar-refractivity contribution < 1.29 is 0 Å². The Labute approximate surface area is 290 Å². The van der Waals surface area contributed by atoms with Gasteiger partial charge >= 0.3 is 0 Å². The number of hydrogen-bond acceptors (Lipinski definition) is 2. The van der Waals surface area contributed by atoms with Gasteiger partial charge in [0.1, 0.15) is 0 Å². The zero-order valence-corrected chi connectivity index (χ0v) is 28.3. The van der Waals surface area contributed by atoms with Crippen molar-refractivity contribution in [3.05, 3.63) is 175 Å². The number of para-hydroxylation sites is 1. The van der Waals surface area contributed by atoms with Crippen molar-refractivity contribution in [2.24, 2.45) is 0 Å². The van der Waals surface area contributed by atoms with E-state index in [9.17, 15) is 0 Å². The Morgan fingerprint density at radius 1 is 0.429 bits per heavy atom. The van der Waals surface area contributed by atoms with E-state index in [0.717, 1.165) is 11.4 Å². The summed E-state index contributed by atoms with van der Waals surface area (Å²) < 4.78 is 2.65. The van der Waals surface area contributed by atoms with Gasteiger partial charge in [-0.05, 0) is 80.4 Å². The predicted molar refractivity (Wildman–Crippen MR) is 212 cm³/mol. The lowest BCUT2D eigenvalue weighted by molar-refractivity contribution is 0.660. The lowest BCUT2D eigenvalue weighted by Crippen LogP contribution is -2.17. The van der Waals surface area contributed by atoms with Gasteiger partial charge in [0.25, 0.3) is 0 Å². The molecule has 1 heterocycles. The SMILES string of the molecule is CC1(C)c2ccccc2-c2ccc(N(c3ccccc3-c3cccc4ccc5sc6ccccc6c5c34)c3cccc4ccccc34)cc21. The molecule has 0 aliphatic heterocycles. The van der Waals surface area contributed by atoms with Gasteiger partial charge in [0, 0.05) is 42.2 Å².